The lowest BCUT2D eigenvalue weighted by atomic mass is 10.1. The Morgan fingerprint density at radius 1 is 1.03 bits per heavy atom. The molecule has 0 aliphatic carbocycles. The number of thioether (sulfide) groups is 1. The highest BCUT2D eigenvalue weighted by Gasteiger charge is 2.22. The minimum atomic E-state index is -0.705. The summed E-state index contributed by atoms with van der Waals surface area (Å²) in [6.07, 6.45) is 3.84. The summed E-state index contributed by atoms with van der Waals surface area (Å²) < 4.78 is 5.09. The average molecular weight is 486 g/mol. The Morgan fingerprint density at radius 3 is 2.58 bits per heavy atom. The van der Waals surface area contributed by atoms with Gasteiger partial charge in [0.05, 0.1) is 16.8 Å². The Morgan fingerprint density at radius 2 is 1.85 bits per heavy atom. The maximum absolute atomic E-state index is 12.8. The zero-order valence-electron chi connectivity index (χ0n) is 18.0. The second kappa shape index (κ2) is 12.1. The largest absolute Gasteiger partial charge is 0.459 e. The van der Waals surface area contributed by atoms with Crippen molar-refractivity contribution < 1.29 is 18.8 Å². The second-order valence-electron chi connectivity index (χ2n) is 7.14. The fourth-order valence-electron chi connectivity index (χ4n) is 3.06. The zero-order valence-corrected chi connectivity index (χ0v) is 19.5. The van der Waals surface area contributed by atoms with E-state index in [9.17, 15) is 14.4 Å². The van der Waals surface area contributed by atoms with Crippen molar-refractivity contribution in [2.24, 2.45) is 0 Å². The van der Waals surface area contributed by atoms with Crippen LogP contribution in [0.15, 0.2) is 71.3 Å². The molecule has 172 valence electrons. The number of carbonyl (C=O) groups excluding carboxylic acids is 3. The summed E-state index contributed by atoms with van der Waals surface area (Å²) in [6, 6.07) is 16.3. The van der Waals surface area contributed by atoms with Gasteiger partial charge in [0.25, 0.3) is 11.8 Å². The molecule has 3 amide bonds. The van der Waals surface area contributed by atoms with E-state index < -0.39 is 11.9 Å². The lowest BCUT2D eigenvalue weighted by Gasteiger charge is -2.19. The fraction of sp³-hybridized carbons (Fsp3) is 0.208. The van der Waals surface area contributed by atoms with Crippen molar-refractivity contribution in [1.29, 1.82) is 0 Å². The number of hydrogen-bond acceptors (Lipinski definition) is 5. The summed E-state index contributed by atoms with van der Waals surface area (Å²) in [5.74, 6) is -0.144. The lowest BCUT2D eigenvalue weighted by molar-refractivity contribution is -0.123. The highest BCUT2D eigenvalue weighted by Crippen LogP contribution is 2.16. The minimum Gasteiger partial charge on any atom is -0.459 e. The number of halogens is 1. The van der Waals surface area contributed by atoms with E-state index in [1.54, 1.807) is 66.4 Å². The van der Waals surface area contributed by atoms with E-state index >= 15 is 0 Å². The van der Waals surface area contributed by atoms with E-state index in [4.69, 9.17) is 16.0 Å². The number of benzene rings is 2. The molecule has 0 aliphatic rings. The number of hydrogen-bond donors (Lipinski definition) is 3. The van der Waals surface area contributed by atoms with Gasteiger partial charge in [-0.05, 0) is 60.4 Å². The third-order valence-corrected chi connectivity index (χ3v) is 5.72. The van der Waals surface area contributed by atoms with Crippen LogP contribution in [0.3, 0.4) is 0 Å². The number of amides is 3. The Bertz CT molecular complexity index is 1100. The zero-order chi connectivity index (χ0) is 23.6. The molecule has 1 aromatic heterocycles. The molecule has 0 aliphatic heterocycles. The third-order valence-electron chi connectivity index (χ3n) is 4.75. The molecule has 7 nitrogen and oxygen atoms in total. The molecule has 9 heteroatoms. The lowest BCUT2D eigenvalue weighted by Crippen LogP contribution is -2.47. The van der Waals surface area contributed by atoms with E-state index in [-0.39, 0.29) is 24.1 Å². The molecule has 2 aromatic carbocycles. The standard InChI is InChI=1S/C24H24ClN3O4S/c1-33-13-11-20(28-22(29)18-8-2-3-9-19(18)25)23(30)26-15-16-6-4-7-17(14-16)27-24(31)21-10-5-12-32-21/h2-10,12,14,20H,11,13,15H2,1H3,(H,26,30)(H,27,31)(H,28,29). The molecule has 0 fully saturated rings. The van der Waals surface area contributed by atoms with Crippen LogP contribution in [0.2, 0.25) is 5.02 Å². The quantitative estimate of drug-likeness (QED) is 0.396. The summed E-state index contributed by atoms with van der Waals surface area (Å²) >= 11 is 7.70. The van der Waals surface area contributed by atoms with Crippen LogP contribution in [0.1, 0.15) is 32.9 Å². The number of anilines is 1. The van der Waals surface area contributed by atoms with Gasteiger partial charge >= 0.3 is 0 Å². The van der Waals surface area contributed by atoms with E-state index in [2.05, 4.69) is 16.0 Å². The Hall–Kier alpha value is -3.23. The summed E-state index contributed by atoms with van der Waals surface area (Å²) in [7, 11) is 0. The molecule has 33 heavy (non-hydrogen) atoms. The first kappa shape index (κ1) is 24.4. The minimum absolute atomic E-state index is 0.208. The van der Waals surface area contributed by atoms with Crippen molar-refractivity contribution in [2.75, 3.05) is 17.3 Å². The van der Waals surface area contributed by atoms with Crippen molar-refractivity contribution in [3.63, 3.8) is 0 Å². The van der Waals surface area contributed by atoms with Gasteiger partial charge in [0.15, 0.2) is 5.76 Å². The first-order valence-electron chi connectivity index (χ1n) is 10.2. The van der Waals surface area contributed by atoms with Crippen molar-refractivity contribution in [3.8, 4) is 0 Å². The topological polar surface area (TPSA) is 100 Å². The van der Waals surface area contributed by atoms with Crippen molar-refractivity contribution in [2.45, 2.75) is 19.0 Å². The van der Waals surface area contributed by atoms with Gasteiger partial charge in [0.1, 0.15) is 6.04 Å². The second-order valence-corrected chi connectivity index (χ2v) is 8.53. The van der Waals surface area contributed by atoms with Gasteiger partial charge in [-0.25, -0.2) is 0 Å². The summed E-state index contributed by atoms with van der Waals surface area (Å²) in [5.41, 5.74) is 1.69. The molecule has 3 N–H and O–H groups in total. The van der Waals surface area contributed by atoms with Gasteiger partial charge in [-0.1, -0.05) is 35.9 Å². The first-order chi connectivity index (χ1) is 16.0. The third kappa shape index (κ3) is 7.13. The summed E-state index contributed by atoms with van der Waals surface area (Å²) in [4.78, 5) is 37.6. The van der Waals surface area contributed by atoms with Crippen molar-refractivity contribution in [1.82, 2.24) is 10.6 Å². The summed E-state index contributed by atoms with van der Waals surface area (Å²) in [6.45, 7) is 0.237. The molecule has 3 rings (SSSR count). The predicted molar refractivity (Wildman–Crippen MR) is 131 cm³/mol. The van der Waals surface area contributed by atoms with Crippen LogP contribution in [0.4, 0.5) is 5.69 Å². The van der Waals surface area contributed by atoms with Crippen molar-refractivity contribution in [3.05, 3.63) is 88.8 Å². The number of rotatable bonds is 10. The number of carbonyl (C=O) groups is 3. The molecule has 0 saturated heterocycles. The van der Waals surface area contributed by atoms with Gasteiger partial charge in [0, 0.05) is 12.2 Å². The molecule has 0 bridgehead atoms. The van der Waals surface area contributed by atoms with Gasteiger partial charge in [0.2, 0.25) is 5.91 Å². The maximum atomic E-state index is 12.8. The monoisotopic (exact) mass is 485 g/mol. The van der Waals surface area contributed by atoms with Crippen LogP contribution in [0, 0.1) is 0 Å². The SMILES string of the molecule is CSCCC(NC(=O)c1ccccc1Cl)C(=O)NCc1cccc(NC(=O)c2ccco2)c1. The van der Waals surface area contributed by atoms with Gasteiger partial charge in [-0.3, -0.25) is 14.4 Å². The first-order valence-corrected chi connectivity index (χ1v) is 12.0. The van der Waals surface area contributed by atoms with E-state index in [1.165, 1.54) is 6.26 Å². The van der Waals surface area contributed by atoms with Gasteiger partial charge < -0.3 is 20.4 Å². The molecular weight excluding hydrogens is 462 g/mol. The van der Waals surface area contributed by atoms with Crippen LogP contribution in [0.5, 0.6) is 0 Å². The van der Waals surface area contributed by atoms with Crippen LogP contribution in [-0.4, -0.2) is 35.8 Å². The molecule has 0 spiro atoms. The normalized spacial score (nSPS) is 11.5. The molecule has 1 heterocycles. The molecular formula is C24H24ClN3O4S. The van der Waals surface area contributed by atoms with Crippen LogP contribution < -0.4 is 16.0 Å². The maximum Gasteiger partial charge on any atom is 0.291 e. The Labute approximate surface area is 201 Å². The van der Waals surface area contributed by atoms with Crippen LogP contribution in [-0.2, 0) is 11.3 Å². The highest BCUT2D eigenvalue weighted by molar-refractivity contribution is 7.98. The van der Waals surface area contributed by atoms with E-state index in [0.717, 1.165) is 5.56 Å². The highest BCUT2D eigenvalue weighted by atomic mass is 35.5. The fourth-order valence-corrected chi connectivity index (χ4v) is 3.75. The molecule has 3 aromatic rings. The van der Waals surface area contributed by atoms with E-state index in [1.807, 2.05) is 12.3 Å². The molecule has 0 radical (unpaired) electrons. The molecule has 1 unspecified atom stereocenters. The van der Waals surface area contributed by atoms with Crippen molar-refractivity contribution >= 4 is 46.8 Å². The molecule has 1 atom stereocenters. The van der Waals surface area contributed by atoms with Crippen LogP contribution >= 0.6 is 23.4 Å². The average Bonchev–Trinajstić information content (AvgIpc) is 3.36. The molecule has 0 saturated carbocycles. The van der Waals surface area contributed by atoms with Gasteiger partial charge in [-0.15, -0.1) is 0 Å². The van der Waals surface area contributed by atoms with Crippen LogP contribution in [0.25, 0.3) is 0 Å². The number of furan rings is 1. The smallest absolute Gasteiger partial charge is 0.291 e. The number of nitrogens with one attached hydrogen (secondary N) is 3. The predicted octanol–water partition coefficient (Wildman–Crippen LogP) is 4.35. The van der Waals surface area contributed by atoms with Gasteiger partial charge in [-0.2, -0.15) is 11.8 Å². The summed E-state index contributed by atoms with van der Waals surface area (Å²) in [5, 5.41) is 8.72. The Kier molecular flexibility index (Phi) is 8.97. The Balaban J connectivity index is 1.61. The van der Waals surface area contributed by atoms with E-state index in [0.29, 0.717) is 28.4 Å².